The lowest BCUT2D eigenvalue weighted by atomic mass is 10.2. The average molecular weight is 295 g/mol. The van der Waals surface area contributed by atoms with Gasteiger partial charge in [-0.25, -0.2) is 0 Å². The quantitative estimate of drug-likeness (QED) is 0.860. The van der Waals surface area contributed by atoms with Crippen LogP contribution in [0.2, 0.25) is 5.02 Å². The molecule has 0 aliphatic carbocycles. The molecule has 0 saturated heterocycles. The number of halogens is 1. The standard InChI is InChI=1S/C15H19ClN2O2/c1-2-13(19)5-7-17-15(20)10-18-8-6-11-3-4-12(16)9-14(11)18/h3-4,6,8-9,13,19H,2,5,7,10H2,1H3,(H,17,20). The van der Waals surface area contributed by atoms with Gasteiger partial charge < -0.3 is 15.0 Å². The Balaban J connectivity index is 1.94. The fourth-order valence-corrected chi connectivity index (χ4v) is 2.25. The van der Waals surface area contributed by atoms with Crippen LogP contribution in [-0.2, 0) is 11.3 Å². The van der Waals surface area contributed by atoms with Crippen molar-refractivity contribution in [1.82, 2.24) is 9.88 Å². The third-order valence-electron chi connectivity index (χ3n) is 3.32. The molecule has 1 aromatic carbocycles. The monoisotopic (exact) mass is 294 g/mol. The zero-order chi connectivity index (χ0) is 14.5. The number of hydrogen-bond acceptors (Lipinski definition) is 2. The number of carbonyl (C=O) groups is 1. The van der Waals surface area contributed by atoms with E-state index >= 15 is 0 Å². The number of nitrogens with zero attached hydrogens (tertiary/aromatic N) is 1. The molecule has 0 aliphatic heterocycles. The minimum absolute atomic E-state index is 0.0641. The maximum atomic E-state index is 11.9. The summed E-state index contributed by atoms with van der Waals surface area (Å²) in [4.78, 5) is 11.9. The van der Waals surface area contributed by atoms with Crippen molar-refractivity contribution in [2.24, 2.45) is 0 Å². The van der Waals surface area contributed by atoms with Crippen LogP contribution in [0.25, 0.3) is 10.9 Å². The molecule has 1 heterocycles. The van der Waals surface area contributed by atoms with Gasteiger partial charge >= 0.3 is 0 Å². The number of fused-ring (bicyclic) bond motifs is 1. The summed E-state index contributed by atoms with van der Waals surface area (Å²) < 4.78 is 1.87. The van der Waals surface area contributed by atoms with E-state index < -0.39 is 0 Å². The lowest BCUT2D eigenvalue weighted by Crippen LogP contribution is -2.30. The Bertz CT molecular complexity index is 595. The van der Waals surface area contributed by atoms with E-state index in [2.05, 4.69) is 5.32 Å². The number of nitrogens with one attached hydrogen (secondary N) is 1. The summed E-state index contributed by atoms with van der Waals surface area (Å²) in [6, 6.07) is 7.58. The lowest BCUT2D eigenvalue weighted by Gasteiger charge is -2.10. The highest BCUT2D eigenvalue weighted by Gasteiger charge is 2.07. The SMILES string of the molecule is CCC(O)CCNC(=O)Cn1ccc2ccc(Cl)cc21. The summed E-state index contributed by atoms with van der Waals surface area (Å²) >= 11 is 5.98. The van der Waals surface area contributed by atoms with Crippen LogP contribution in [-0.4, -0.2) is 28.2 Å². The molecule has 0 aliphatic rings. The van der Waals surface area contributed by atoms with Gasteiger partial charge in [0.2, 0.25) is 5.91 Å². The number of benzene rings is 1. The first-order chi connectivity index (χ1) is 9.60. The molecule has 5 heteroatoms. The number of hydrogen-bond donors (Lipinski definition) is 2. The molecule has 20 heavy (non-hydrogen) atoms. The van der Waals surface area contributed by atoms with Crippen molar-refractivity contribution >= 4 is 28.4 Å². The van der Waals surface area contributed by atoms with E-state index in [1.807, 2.05) is 42.0 Å². The molecule has 1 amide bonds. The molecule has 0 bridgehead atoms. The van der Waals surface area contributed by atoms with E-state index in [-0.39, 0.29) is 18.6 Å². The molecule has 0 saturated carbocycles. The maximum absolute atomic E-state index is 11.9. The zero-order valence-electron chi connectivity index (χ0n) is 11.5. The number of amides is 1. The first-order valence-electron chi connectivity index (χ1n) is 6.79. The molecule has 0 spiro atoms. The van der Waals surface area contributed by atoms with Crippen LogP contribution in [0.15, 0.2) is 30.5 Å². The minimum Gasteiger partial charge on any atom is -0.393 e. The third kappa shape index (κ3) is 3.74. The van der Waals surface area contributed by atoms with Crippen LogP contribution in [0.1, 0.15) is 19.8 Å². The van der Waals surface area contributed by atoms with Crippen LogP contribution in [0.5, 0.6) is 0 Å². The average Bonchev–Trinajstić information content (AvgIpc) is 2.81. The Morgan fingerprint density at radius 3 is 3.00 bits per heavy atom. The van der Waals surface area contributed by atoms with E-state index in [0.29, 0.717) is 24.4 Å². The van der Waals surface area contributed by atoms with Gasteiger partial charge in [0.05, 0.1) is 6.10 Å². The summed E-state index contributed by atoms with van der Waals surface area (Å²) in [6.45, 7) is 2.67. The predicted molar refractivity (Wildman–Crippen MR) is 80.9 cm³/mol. The smallest absolute Gasteiger partial charge is 0.239 e. The predicted octanol–water partition coefficient (Wildman–Crippen LogP) is 2.57. The van der Waals surface area contributed by atoms with Gasteiger partial charge in [0, 0.05) is 23.3 Å². The van der Waals surface area contributed by atoms with Crippen molar-refractivity contribution in [3.8, 4) is 0 Å². The van der Waals surface area contributed by atoms with Crippen molar-refractivity contribution in [2.75, 3.05) is 6.54 Å². The molecule has 4 nitrogen and oxygen atoms in total. The number of rotatable bonds is 6. The number of aliphatic hydroxyl groups excluding tert-OH is 1. The second-order valence-electron chi connectivity index (χ2n) is 4.85. The largest absolute Gasteiger partial charge is 0.393 e. The molecule has 1 atom stereocenters. The Morgan fingerprint density at radius 2 is 2.25 bits per heavy atom. The molecular formula is C15H19ClN2O2. The lowest BCUT2D eigenvalue weighted by molar-refractivity contribution is -0.121. The molecule has 2 rings (SSSR count). The molecular weight excluding hydrogens is 276 g/mol. The van der Waals surface area contributed by atoms with Crippen molar-refractivity contribution in [3.63, 3.8) is 0 Å². The van der Waals surface area contributed by atoms with E-state index in [4.69, 9.17) is 11.6 Å². The summed E-state index contributed by atoms with van der Waals surface area (Å²) in [5.41, 5.74) is 0.946. The van der Waals surface area contributed by atoms with E-state index in [0.717, 1.165) is 10.9 Å². The highest BCUT2D eigenvalue weighted by molar-refractivity contribution is 6.31. The second-order valence-corrected chi connectivity index (χ2v) is 5.28. The first kappa shape index (κ1) is 14.9. The van der Waals surface area contributed by atoms with Crippen molar-refractivity contribution in [3.05, 3.63) is 35.5 Å². The molecule has 0 radical (unpaired) electrons. The van der Waals surface area contributed by atoms with Crippen molar-refractivity contribution < 1.29 is 9.90 Å². The Morgan fingerprint density at radius 1 is 1.45 bits per heavy atom. The highest BCUT2D eigenvalue weighted by atomic mass is 35.5. The third-order valence-corrected chi connectivity index (χ3v) is 3.56. The van der Waals surface area contributed by atoms with Gasteiger partial charge in [-0.05, 0) is 36.4 Å². The summed E-state index contributed by atoms with van der Waals surface area (Å²) in [6.07, 6.45) is 2.82. The van der Waals surface area contributed by atoms with Crippen molar-refractivity contribution in [2.45, 2.75) is 32.4 Å². The van der Waals surface area contributed by atoms with Crippen molar-refractivity contribution in [1.29, 1.82) is 0 Å². The van der Waals surface area contributed by atoms with Crippen LogP contribution in [0.4, 0.5) is 0 Å². The molecule has 1 aromatic heterocycles. The van der Waals surface area contributed by atoms with E-state index in [9.17, 15) is 9.90 Å². The molecule has 1 unspecified atom stereocenters. The maximum Gasteiger partial charge on any atom is 0.239 e. The van der Waals surface area contributed by atoms with E-state index in [1.165, 1.54) is 0 Å². The Kier molecular flexibility index (Phi) is 5.04. The molecule has 2 aromatic rings. The van der Waals surface area contributed by atoms with Gasteiger partial charge in [-0.3, -0.25) is 4.79 Å². The summed E-state index contributed by atoms with van der Waals surface area (Å²) in [5.74, 6) is -0.0641. The Hall–Kier alpha value is -1.52. The molecule has 108 valence electrons. The van der Waals surface area contributed by atoms with Gasteiger partial charge in [-0.15, -0.1) is 0 Å². The van der Waals surface area contributed by atoms with E-state index in [1.54, 1.807) is 0 Å². The fourth-order valence-electron chi connectivity index (χ4n) is 2.09. The zero-order valence-corrected chi connectivity index (χ0v) is 12.2. The van der Waals surface area contributed by atoms with Gasteiger partial charge in [-0.1, -0.05) is 24.6 Å². The minimum atomic E-state index is -0.346. The topological polar surface area (TPSA) is 54.3 Å². The number of aromatic nitrogens is 1. The van der Waals surface area contributed by atoms with Gasteiger partial charge in [-0.2, -0.15) is 0 Å². The fraction of sp³-hybridized carbons (Fsp3) is 0.400. The normalized spacial score (nSPS) is 12.6. The van der Waals surface area contributed by atoms with Gasteiger partial charge in [0.15, 0.2) is 0 Å². The first-order valence-corrected chi connectivity index (χ1v) is 7.17. The highest BCUT2D eigenvalue weighted by Crippen LogP contribution is 2.20. The van der Waals surface area contributed by atoms with Crippen LogP contribution < -0.4 is 5.32 Å². The van der Waals surface area contributed by atoms with Crippen LogP contribution in [0, 0.1) is 0 Å². The molecule has 2 N–H and O–H groups in total. The van der Waals surface area contributed by atoms with Gasteiger partial charge in [0.1, 0.15) is 6.54 Å². The van der Waals surface area contributed by atoms with Crippen LogP contribution >= 0.6 is 11.6 Å². The van der Waals surface area contributed by atoms with Crippen LogP contribution in [0.3, 0.4) is 0 Å². The number of aliphatic hydroxyl groups is 1. The summed E-state index contributed by atoms with van der Waals surface area (Å²) in [7, 11) is 0. The summed E-state index contributed by atoms with van der Waals surface area (Å²) in [5, 5.41) is 14.0. The number of carbonyl (C=O) groups excluding carboxylic acids is 1. The second kappa shape index (κ2) is 6.77. The van der Waals surface area contributed by atoms with Gasteiger partial charge in [0.25, 0.3) is 0 Å². The molecule has 0 fully saturated rings. The Labute approximate surface area is 123 Å².